The summed E-state index contributed by atoms with van der Waals surface area (Å²) >= 11 is 0. The van der Waals surface area contributed by atoms with Crippen LogP contribution in [0.25, 0.3) is 11.3 Å². The average molecular weight is 480 g/mol. The second-order valence-corrected chi connectivity index (χ2v) is 9.64. The van der Waals surface area contributed by atoms with E-state index in [-0.39, 0.29) is 23.5 Å². The third-order valence-corrected chi connectivity index (χ3v) is 7.18. The van der Waals surface area contributed by atoms with Gasteiger partial charge in [0, 0.05) is 35.7 Å². The summed E-state index contributed by atoms with van der Waals surface area (Å²) in [4.78, 5) is 19.2. The molecule has 0 saturated heterocycles. The summed E-state index contributed by atoms with van der Waals surface area (Å²) in [6.07, 6.45) is 4.67. The first-order valence-electron chi connectivity index (χ1n) is 13.1. The maximum atomic E-state index is 14.0. The van der Waals surface area contributed by atoms with Crippen LogP contribution in [0, 0.1) is 11.8 Å². The van der Waals surface area contributed by atoms with Crippen LogP contribution < -0.4 is 5.73 Å². The van der Waals surface area contributed by atoms with Crippen molar-refractivity contribution >= 4 is 5.78 Å². The molecule has 4 heteroatoms. The summed E-state index contributed by atoms with van der Waals surface area (Å²) in [6, 6.07) is 30.5. The molecule has 0 aliphatic rings. The van der Waals surface area contributed by atoms with Crippen LogP contribution in [0.1, 0.15) is 60.8 Å². The average Bonchev–Trinajstić information content (AvgIpc) is 3.34. The molecule has 4 rings (SSSR count). The van der Waals surface area contributed by atoms with Crippen LogP contribution in [0.15, 0.2) is 97.2 Å². The van der Waals surface area contributed by atoms with Crippen molar-refractivity contribution in [3.05, 3.63) is 114 Å². The number of rotatable bonds is 12. The Hall–Kier alpha value is -3.50. The Bertz CT molecular complexity index is 1220. The molecule has 1 unspecified atom stereocenters. The van der Waals surface area contributed by atoms with Gasteiger partial charge in [0.05, 0.1) is 5.69 Å². The normalized spacial score (nSPS) is 13.8. The zero-order valence-electron chi connectivity index (χ0n) is 21.4. The molecule has 0 amide bonds. The van der Waals surface area contributed by atoms with Crippen LogP contribution in [-0.4, -0.2) is 21.9 Å². The molecule has 0 radical (unpaired) electrons. The lowest BCUT2D eigenvalue weighted by molar-refractivity contribution is 0.0863. The second kappa shape index (κ2) is 12.5. The molecule has 2 N–H and O–H groups in total. The minimum absolute atomic E-state index is 0.0181. The molecule has 1 heterocycles. The van der Waals surface area contributed by atoms with Gasteiger partial charge >= 0.3 is 0 Å². The van der Waals surface area contributed by atoms with Gasteiger partial charge in [0.2, 0.25) is 0 Å². The van der Waals surface area contributed by atoms with E-state index >= 15 is 0 Å². The van der Waals surface area contributed by atoms with E-state index in [4.69, 9.17) is 10.7 Å². The number of nitrogens with two attached hydrogens (primary N) is 1. The number of hydrogen-bond donors (Lipinski definition) is 1. The van der Waals surface area contributed by atoms with Crippen LogP contribution in [0.5, 0.6) is 0 Å². The highest BCUT2D eigenvalue weighted by molar-refractivity contribution is 5.98. The van der Waals surface area contributed by atoms with E-state index in [0.717, 1.165) is 41.9 Å². The van der Waals surface area contributed by atoms with Gasteiger partial charge in [-0.05, 0) is 30.9 Å². The summed E-state index contributed by atoms with van der Waals surface area (Å²) < 4.78 is 2.27. The first kappa shape index (κ1) is 25.6. The Labute approximate surface area is 215 Å². The van der Waals surface area contributed by atoms with Gasteiger partial charge < -0.3 is 10.3 Å². The maximum absolute atomic E-state index is 14.0. The van der Waals surface area contributed by atoms with E-state index in [1.54, 1.807) is 0 Å². The molecule has 0 aliphatic heterocycles. The molecular formula is C32H37N3O. The van der Waals surface area contributed by atoms with Crippen LogP contribution in [-0.2, 0) is 6.54 Å². The van der Waals surface area contributed by atoms with Crippen molar-refractivity contribution < 1.29 is 4.79 Å². The Balaban J connectivity index is 1.84. The molecular weight excluding hydrogens is 442 g/mol. The minimum Gasteiger partial charge on any atom is -0.330 e. The van der Waals surface area contributed by atoms with E-state index in [9.17, 15) is 4.79 Å². The van der Waals surface area contributed by atoms with Gasteiger partial charge in [0.25, 0.3) is 0 Å². The number of benzene rings is 3. The number of carbonyl (C=O) groups excluding carboxylic acids is 1. The van der Waals surface area contributed by atoms with Crippen LogP contribution in [0.3, 0.4) is 0 Å². The van der Waals surface area contributed by atoms with Gasteiger partial charge in [0.1, 0.15) is 5.82 Å². The first-order valence-corrected chi connectivity index (χ1v) is 13.1. The lowest BCUT2D eigenvalue weighted by atomic mass is 9.74. The number of ketones is 1. The van der Waals surface area contributed by atoms with Gasteiger partial charge in [-0.3, -0.25) is 4.79 Å². The standard InChI is InChI=1S/C32H37N3O/c1-3-24(2)30(28(20-13-21-33)31(36)27-18-11-6-12-19-27)32-34-29(26-16-9-5-10-17-26)23-35(32)22-25-14-7-4-8-15-25/h4-12,14-19,23-24,28,30H,3,13,20-22,33H2,1-2H3/t24-,28?,30-/m0/s1. The van der Waals surface area contributed by atoms with E-state index in [0.29, 0.717) is 13.1 Å². The molecule has 3 aromatic carbocycles. The number of hydrogen-bond acceptors (Lipinski definition) is 3. The Morgan fingerprint density at radius 1 is 0.917 bits per heavy atom. The second-order valence-electron chi connectivity index (χ2n) is 9.64. The van der Waals surface area contributed by atoms with Crippen molar-refractivity contribution in [2.24, 2.45) is 17.6 Å². The molecule has 0 fully saturated rings. The molecule has 4 aromatic rings. The van der Waals surface area contributed by atoms with Crippen molar-refractivity contribution in [1.29, 1.82) is 0 Å². The topological polar surface area (TPSA) is 60.9 Å². The highest BCUT2D eigenvalue weighted by Crippen LogP contribution is 2.39. The molecule has 0 bridgehead atoms. The summed E-state index contributed by atoms with van der Waals surface area (Å²) in [7, 11) is 0. The molecule has 0 saturated carbocycles. The number of nitrogens with zero attached hydrogens (tertiary/aromatic N) is 2. The lowest BCUT2D eigenvalue weighted by Crippen LogP contribution is -2.30. The number of carbonyl (C=O) groups is 1. The van der Waals surface area contributed by atoms with E-state index in [1.165, 1.54) is 5.56 Å². The highest BCUT2D eigenvalue weighted by atomic mass is 16.1. The Morgan fingerprint density at radius 3 is 2.14 bits per heavy atom. The summed E-state index contributed by atoms with van der Waals surface area (Å²) in [5.74, 6) is 1.24. The summed E-state index contributed by atoms with van der Waals surface area (Å²) in [5.41, 5.74) is 9.95. The largest absolute Gasteiger partial charge is 0.330 e. The van der Waals surface area contributed by atoms with Crippen LogP contribution >= 0.6 is 0 Å². The van der Waals surface area contributed by atoms with Crippen molar-refractivity contribution in [3.8, 4) is 11.3 Å². The van der Waals surface area contributed by atoms with Gasteiger partial charge in [-0.25, -0.2) is 4.98 Å². The third kappa shape index (κ3) is 6.00. The Morgan fingerprint density at radius 2 is 1.53 bits per heavy atom. The predicted octanol–water partition coefficient (Wildman–Crippen LogP) is 6.97. The van der Waals surface area contributed by atoms with Crippen LogP contribution in [0.4, 0.5) is 0 Å². The molecule has 0 spiro atoms. The summed E-state index contributed by atoms with van der Waals surface area (Å²) in [5, 5.41) is 0. The number of Topliss-reactive ketones (excluding diaryl/α,β-unsaturated/α-hetero) is 1. The highest BCUT2D eigenvalue weighted by Gasteiger charge is 2.36. The number of imidazole rings is 1. The van der Waals surface area contributed by atoms with Gasteiger partial charge in [0.15, 0.2) is 5.78 Å². The minimum atomic E-state index is -0.188. The third-order valence-electron chi connectivity index (χ3n) is 7.18. The number of aromatic nitrogens is 2. The monoisotopic (exact) mass is 479 g/mol. The fraction of sp³-hybridized carbons (Fsp3) is 0.312. The Kier molecular flexibility index (Phi) is 8.85. The molecule has 186 valence electrons. The molecule has 3 atom stereocenters. The van der Waals surface area contributed by atoms with E-state index < -0.39 is 0 Å². The SMILES string of the molecule is CC[C@H](C)[C@H](c1nc(-c2ccccc2)cn1Cc1ccccc1)C(CCCN)C(=O)c1ccccc1. The van der Waals surface area contributed by atoms with Crippen molar-refractivity contribution in [1.82, 2.24) is 9.55 Å². The summed E-state index contributed by atoms with van der Waals surface area (Å²) in [6.45, 7) is 5.74. The molecule has 0 aliphatic carbocycles. The van der Waals surface area contributed by atoms with Gasteiger partial charge in [-0.1, -0.05) is 111 Å². The van der Waals surface area contributed by atoms with Gasteiger partial charge in [-0.2, -0.15) is 0 Å². The van der Waals surface area contributed by atoms with Crippen molar-refractivity contribution in [3.63, 3.8) is 0 Å². The van der Waals surface area contributed by atoms with Crippen LogP contribution in [0.2, 0.25) is 0 Å². The lowest BCUT2D eigenvalue weighted by Gasteiger charge is -2.31. The van der Waals surface area contributed by atoms with Crippen molar-refractivity contribution in [2.75, 3.05) is 6.54 Å². The molecule has 1 aromatic heterocycles. The van der Waals surface area contributed by atoms with Gasteiger partial charge in [-0.15, -0.1) is 0 Å². The fourth-order valence-corrected chi connectivity index (χ4v) is 5.06. The van der Waals surface area contributed by atoms with E-state index in [2.05, 4.69) is 61.0 Å². The maximum Gasteiger partial charge on any atom is 0.166 e. The fourth-order valence-electron chi connectivity index (χ4n) is 5.06. The zero-order valence-corrected chi connectivity index (χ0v) is 21.4. The molecule has 36 heavy (non-hydrogen) atoms. The van der Waals surface area contributed by atoms with E-state index in [1.807, 2.05) is 54.6 Å². The molecule has 4 nitrogen and oxygen atoms in total. The zero-order chi connectivity index (χ0) is 25.3. The quantitative estimate of drug-likeness (QED) is 0.223. The van der Waals surface area contributed by atoms with Crippen molar-refractivity contribution in [2.45, 2.75) is 45.6 Å². The predicted molar refractivity (Wildman–Crippen MR) is 148 cm³/mol. The smallest absolute Gasteiger partial charge is 0.166 e. The first-order chi connectivity index (χ1) is 17.6.